The Kier molecular flexibility index (Phi) is 6.24. The maximum absolute atomic E-state index is 5.84. The van der Waals surface area contributed by atoms with Crippen molar-refractivity contribution in [3.05, 3.63) is 0 Å². The molecule has 1 heteroatoms. The van der Waals surface area contributed by atoms with Crippen molar-refractivity contribution in [2.24, 2.45) is 58.0 Å². The van der Waals surface area contributed by atoms with Crippen LogP contribution in [0.15, 0.2) is 0 Å². The lowest BCUT2D eigenvalue weighted by molar-refractivity contribution is -0.114. The van der Waals surface area contributed by atoms with Gasteiger partial charge in [-0.2, -0.15) is 0 Å². The third-order valence-corrected chi connectivity index (χ3v) is 11.1. The summed E-state index contributed by atoms with van der Waals surface area (Å²) in [6.45, 7) is 11.2. The smallest absolute Gasteiger partial charge is 0.00515 e. The van der Waals surface area contributed by atoms with Gasteiger partial charge in [-0.15, -0.1) is 0 Å². The van der Waals surface area contributed by atoms with Crippen molar-refractivity contribution in [2.45, 2.75) is 111 Å². The summed E-state index contributed by atoms with van der Waals surface area (Å²) in [4.78, 5) is 0. The summed E-state index contributed by atoms with van der Waals surface area (Å²) in [5.41, 5.74) is 7.19. The molecule has 4 aliphatic rings. The lowest BCUT2D eigenvalue weighted by Gasteiger charge is -2.61. The number of hydrogen-bond donors (Lipinski definition) is 1. The molecule has 0 radical (unpaired) electrons. The molecule has 2 N–H and O–H groups in total. The summed E-state index contributed by atoms with van der Waals surface area (Å²) in [5, 5.41) is 0. The molecule has 0 aromatic carbocycles. The van der Waals surface area contributed by atoms with E-state index >= 15 is 0 Å². The van der Waals surface area contributed by atoms with Gasteiger partial charge in [0.15, 0.2) is 0 Å². The van der Waals surface area contributed by atoms with Gasteiger partial charge in [0.1, 0.15) is 0 Å². The predicted octanol–water partition coefficient (Wildman–Crippen LogP) is 7.44. The molecule has 3 unspecified atom stereocenters. The Labute approximate surface area is 176 Å². The molecule has 4 saturated carbocycles. The molecule has 9 atom stereocenters. The van der Waals surface area contributed by atoms with Gasteiger partial charge in [-0.05, 0) is 117 Å². The Balaban J connectivity index is 1.43. The summed E-state index contributed by atoms with van der Waals surface area (Å²) in [7, 11) is 0. The average Bonchev–Trinajstić information content (AvgIpc) is 3.04. The highest BCUT2D eigenvalue weighted by atomic mass is 14.6. The predicted molar refractivity (Wildman–Crippen MR) is 121 cm³/mol. The van der Waals surface area contributed by atoms with Crippen molar-refractivity contribution in [1.82, 2.24) is 0 Å². The van der Waals surface area contributed by atoms with Gasteiger partial charge in [0.05, 0.1) is 0 Å². The highest BCUT2D eigenvalue weighted by molar-refractivity contribution is 5.09. The molecule has 1 nitrogen and oxygen atoms in total. The molecule has 0 aromatic rings. The van der Waals surface area contributed by atoms with Crippen molar-refractivity contribution in [3.63, 3.8) is 0 Å². The molecule has 28 heavy (non-hydrogen) atoms. The summed E-state index contributed by atoms with van der Waals surface area (Å²) in [6.07, 6.45) is 19.6. The van der Waals surface area contributed by atoms with E-state index in [1.807, 2.05) is 0 Å². The Hall–Kier alpha value is -0.0400. The van der Waals surface area contributed by atoms with Crippen LogP contribution in [0.4, 0.5) is 0 Å². The van der Waals surface area contributed by atoms with Crippen LogP contribution in [0.5, 0.6) is 0 Å². The van der Waals surface area contributed by atoms with Crippen molar-refractivity contribution >= 4 is 0 Å². The molecule has 0 heterocycles. The SMILES string of the molecule is CC(CN)CCCC(C)[C@H]1CC[C@H]2[C@@H]3CCC4CCCC[C@]4(C)[C@H]3CC[C@]12C. The maximum Gasteiger partial charge on any atom is -0.00515 e. The molecule has 162 valence electrons. The fraction of sp³-hybridized carbons (Fsp3) is 1.00. The van der Waals surface area contributed by atoms with Crippen LogP contribution in [-0.4, -0.2) is 6.54 Å². The monoisotopic (exact) mass is 387 g/mol. The van der Waals surface area contributed by atoms with Gasteiger partial charge < -0.3 is 5.73 Å². The van der Waals surface area contributed by atoms with Crippen LogP contribution in [0.25, 0.3) is 0 Å². The summed E-state index contributed by atoms with van der Waals surface area (Å²) >= 11 is 0. The highest BCUT2D eigenvalue weighted by Gasteiger charge is 2.59. The molecular formula is C27H49N. The molecule has 0 saturated heterocycles. The number of fused-ring (bicyclic) bond motifs is 5. The molecule has 0 aliphatic heterocycles. The van der Waals surface area contributed by atoms with Gasteiger partial charge in [-0.25, -0.2) is 0 Å². The fourth-order valence-electron chi connectivity index (χ4n) is 9.38. The third kappa shape index (κ3) is 3.50. The Bertz CT molecular complexity index is 528. The van der Waals surface area contributed by atoms with Crippen LogP contribution in [-0.2, 0) is 0 Å². The van der Waals surface area contributed by atoms with E-state index in [0.29, 0.717) is 16.7 Å². The fourth-order valence-corrected chi connectivity index (χ4v) is 9.38. The maximum atomic E-state index is 5.84. The summed E-state index contributed by atoms with van der Waals surface area (Å²) < 4.78 is 0. The number of nitrogens with two attached hydrogens (primary N) is 1. The van der Waals surface area contributed by atoms with Crippen molar-refractivity contribution < 1.29 is 0 Å². The lowest BCUT2D eigenvalue weighted by Crippen LogP contribution is -2.53. The minimum Gasteiger partial charge on any atom is -0.330 e. The first-order valence-corrected chi connectivity index (χ1v) is 13.1. The van der Waals surface area contributed by atoms with Gasteiger partial charge in [0.2, 0.25) is 0 Å². The topological polar surface area (TPSA) is 26.0 Å². The second kappa shape index (κ2) is 8.24. The van der Waals surface area contributed by atoms with Crippen molar-refractivity contribution in [2.75, 3.05) is 6.54 Å². The first-order chi connectivity index (χ1) is 13.4. The van der Waals surface area contributed by atoms with Crippen LogP contribution in [0.2, 0.25) is 0 Å². The van der Waals surface area contributed by atoms with E-state index in [0.717, 1.165) is 42.1 Å². The largest absolute Gasteiger partial charge is 0.330 e. The second-order valence-corrected chi connectivity index (χ2v) is 12.4. The van der Waals surface area contributed by atoms with E-state index in [1.165, 1.54) is 44.9 Å². The van der Waals surface area contributed by atoms with Crippen molar-refractivity contribution in [3.8, 4) is 0 Å². The Morgan fingerprint density at radius 3 is 2.39 bits per heavy atom. The zero-order valence-corrected chi connectivity index (χ0v) is 19.5. The molecule has 4 fully saturated rings. The molecule has 0 spiro atoms. The molecule has 4 aliphatic carbocycles. The minimum atomic E-state index is 0.651. The molecule has 4 rings (SSSR count). The van der Waals surface area contributed by atoms with Crippen LogP contribution < -0.4 is 5.73 Å². The van der Waals surface area contributed by atoms with Crippen LogP contribution >= 0.6 is 0 Å². The van der Waals surface area contributed by atoms with E-state index in [-0.39, 0.29) is 0 Å². The summed E-state index contributed by atoms with van der Waals surface area (Å²) in [5.74, 6) is 6.84. The van der Waals surface area contributed by atoms with Crippen molar-refractivity contribution in [1.29, 1.82) is 0 Å². The third-order valence-electron chi connectivity index (χ3n) is 11.1. The van der Waals surface area contributed by atoms with E-state index in [4.69, 9.17) is 5.73 Å². The highest BCUT2D eigenvalue weighted by Crippen LogP contribution is 2.68. The zero-order chi connectivity index (χ0) is 19.9. The van der Waals surface area contributed by atoms with Gasteiger partial charge in [0.25, 0.3) is 0 Å². The van der Waals surface area contributed by atoms with Crippen LogP contribution in [0, 0.1) is 52.3 Å². The van der Waals surface area contributed by atoms with Crippen LogP contribution in [0.1, 0.15) is 111 Å². The quantitative estimate of drug-likeness (QED) is 0.503. The zero-order valence-electron chi connectivity index (χ0n) is 19.5. The number of hydrogen-bond acceptors (Lipinski definition) is 1. The molecule has 0 bridgehead atoms. The minimum absolute atomic E-state index is 0.651. The molecule has 0 aromatic heterocycles. The average molecular weight is 388 g/mol. The normalized spacial score (nSPS) is 47.7. The van der Waals surface area contributed by atoms with Crippen LogP contribution in [0.3, 0.4) is 0 Å². The van der Waals surface area contributed by atoms with Gasteiger partial charge >= 0.3 is 0 Å². The molecule has 0 amide bonds. The van der Waals surface area contributed by atoms with Gasteiger partial charge in [0, 0.05) is 0 Å². The summed E-state index contributed by atoms with van der Waals surface area (Å²) in [6, 6.07) is 0. The Morgan fingerprint density at radius 2 is 1.61 bits per heavy atom. The van der Waals surface area contributed by atoms with Gasteiger partial charge in [-0.3, -0.25) is 0 Å². The first kappa shape index (κ1) is 21.2. The lowest BCUT2D eigenvalue weighted by atomic mass is 9.44. The standard InChI is InChI=1S/C27H49N/c1-19(18-28)8-7-9-20(2)23-13-14-24-22-12-11-21-10-5-6-16-26(21,3)25(22)15-17-27(23,24)4/h19-25H,5-18,28H2,1-4H3/t19?,20?,21?,22-,23+,24-,25-,26-,27+/m0/s1. The van der Waals surface area contributed by atoms with E-state index in [9.17, 15) is 0 Å². The van der Waals surface area contributed by atoms with E-state index in [2.05, 4.69) is 27.7 Å². The van der Waals surface area contributed by atoms with Gasteiger partial charge in [-0.1, -0.05) is 53.4 Å². The van der Waals surface area contributed by atoms with E-state index < -0.39 is 0 Å². The van der Waals surface area contributed by atoms with E-state index in [1.54, 1.807) is 38.5 Å². The number of rotatable bonds is 6. The first-order valence-electron chi connectivity index (χ1n) is 13.1. The Morgan fingerprint density at radius 1 is 0.821 bits per heavy atom. The second-order valence-electron chi connectivity index (χ2n) is 12.4. The molecular weight excluding hydrogens is 338 g/mol.